The minimum atomic E-state index is 0.361. The number of piperazine rings is 1. The summed E-state index contributed by atoms with van der Waals surface area (Å²) >= 11 is 4.91. The Bertz CT molecular complexity index is 433. The molecule has 2 aliphatic rings. The Hall–Kier alpha value is -1.20. The Morgan fingerprint density at radius 3 is 2.44 bits per heavy atom. The largest absolute Gasteiger partial charge is 0.388 e. The summed E-state index contributed by atoms with van der Waals surface area (Å²) in [7, 11) is 0. The van der Waals surface area contributed by atoms with Crippen molar-refractivity contribution in [2.75, 3.05) is 31.1 Å². The molecule has 1 aromatic rings. The molecule has 3 rings (SSSR count). The third-order valence-corrected chi connectivity index (χ3v) is 3.95. The second-order valence-corrected chi connectivity index (χ2v) is 5.46. The number of rotatable bonds is 3. The Kier molecular flexibility index (Phi) is 3.18. The zero-order valence-electron chi connectivity index (χ0n) is 10.4. The maximum atomic E-state index is 5.55. The highest BCUT2D eigenvalue weighted by atomic mass is 32.1. The van der Waals surface area contributed by atoms with Crippen molar-refractivity contribution in [3.8, 4) is 0 Å². The molecule has 5 heteroatoms. The molecule has 0 bridgehead atoms. The van der Waals surface area contributed by atoms with Crippen molar-refractivity contribution in [2.45, 2.75) is 18.9 Å². The minimum Gasteiger partial charge on any atom is -0.388 e. The van der Waals surface area contributed by atoms with Crippen LogP contribution in [0.3, 0.4) is 0 Å². The monoisotopic (exact) mass is 262 g/mol. The van der Waals surface area contributed by atoms with Gasteiger partial charge in [-0.1, -0.05) is 12.2 Å². The summed E-state index contributed by atoms with van der Waals surface area (Å²) in [6.45, 7) is 4.51. The van der Waals surface area contributed by atoms with Gasteiger partial charge in [0.2, 0.25) is 0 Å². The van der Waals surface area contributed by atoms with Crippen molar-refractivity contribution in [1.29, 1.82) is 0 Å². The molecule has 0 radical (unpaired) electrons. The predicted molar refractivity (Wildman–Crippen MR) is 76.9 cm³/mol. The molecule has 1 aliphatic carbocycles. The van der Waals surface area contributed by atoms with E-state index in [-0.39, 0.29) is 0 Å². The van der Waals surface area contributed by atoms with Gasteiger partial charge in [0.15, 0.2) is 0 Å². The van der Waals surface area contributed by atoms with Gasteiger partial charge in [0, 0.05) is 32.2 Å². The maximum Gasteiger partial charge on any atom is 0.122 e. The highest BCUT2D eigenvalue weighted by Gasteiger charge is 2.31. The van der Waals surface area contributed by atoms with Gasteiger partial charge < -0.3 is 10.6 Å². The number of pyridine rings is 1. The van der Waals surface area contributed by atoms with Crippen LogP contribution in [0.25, 0.3) is 0 Å². The fourth-order valence-electron chi connectivity index (χ4n) is 2.50. The van der Waals surface area contributed by atoms with E-state index in [1.165, 1.54) is 31.6 Å². The molecule has 1 saturated heterocycles. The predicted octanol–water partition coefficient (Wildman–Crippen LogP) is 1.00. The third-order valence-electron chi connectivity index (χ3n) is 3.74. The number of aromatic nitrogens is 1. The summed E-state index contributed by atoms with van der Waals surface area (Å²) < 4.78 is 0. The highest BCUT2D eigenvalue weighted by molar-refractivity contribution is 7.80. The van der Waals surface area contributed by atoms with Crippen LogP contribution in [0.1, 0.15) is 18.5 Å². The maximum absolute atomic E-state index is 5.55. The quantitative estimate of drug-likeness (QED) is 0.823. The van der Waals surface area contributed by atoms with Gasteiger partial charge in [0.05, 0.1) is 17.6 Å². The van der Waals surface area contributed by atoms with Gasteiger partial charge in [-0.3, -0.25) is 9.88 Å². The average molecular weight is 262 g/mol. The van der Waals surface area contributed by atoms with E-state index in [2.05, 4.69) is 20.9 Å². The first-order valence-corrected chi connectivity index (χ1v) is 6.90. The van der Waals surface area contributed by atoms with E-state index in [1.807, 2.05) is 12.3 Å². The van der Waals surface area contributed by atoms with Crippen molar-refractivity contribution in [1.82, 2.24) is 9.88 Å². The van der Waals surface area contributed by atoms with Gasteiger partial charge in [0.1, 0.15) is 4.99 Å². The van der Waals surface area contributed by atoms with Crippen LogP contribution in [0.5, 0.6) is 0 Å². The van der Waals surface area contributed by atoms with E-state index in [4.69, 9.17) is 18.0 Å². The van der Waals surface area contributed by atoms with Crippen LogP contribution < -0.4 is 10.6 Å². The van der Waals surface area contributed by atoms with E-state index in [0.29, 0.717) is 10.7 Å². The van der Waals surface area contributed by atoms with E-state index in [9.17, 15) is 0 Å². The van der Waals surface area contributed by atoms with E-state index in [0.717, 1.165) is 19.1 Å². The summed E-state index contributed by atoms with van der Waals surface area (Å²) in [6.07, 6.45) is 4.66. The zero-order chi connectivity index (χ0) is 12.5. The topological polar surface area (TPSA) is 45.4 Å². The Morgan fingerprint density at radius 2 is 1.94 bits per heavy atom. The first kappa shape index (κ1) is 11.9. The first-order valence-electron chi connectivity index (χ1n) is 6.49. The molecule has 18 heavy (non-hydrogen) atoms. The Morgan fingerprint density at radius 1 is 1.22 bits per heavy atom. The van der Waals surface area contributed by atoms with Crippen LogP contribution >= 0.6 is 12.2 Å². The second kappa shape index (κ2) is 4.82. The van der Waals surface area contributed by atoms with Crippen molar-refractivity contribution >= 4 is 22.9 Å². The highest BCUT2D eigenvalue weighted by Crippen LogP contribution is 2.28. The molecule has 1 aliphatic heterocycles. The SMILES string of the molecule is NC(=S)c1ccc(N2CCN(C3CC3)CC2)cn1. The fraction of sp³-hybridized carbons (Fsp3) is 0.538. The Labute approximate surface area is 113 Å². The van der Waals surface area contributed by atoms with Gasteiger partial charge in [-0.05, 0) is 25.0 Å². The molecule has 2 fully saturated rings. The molecule has 0 unspecified atom stereocenters. The molecule has 0 spiro atoms. The number of thiocarbonyl (C=S) groups is 1. The first-order chi connectivity index (χ1) is 8.74. The summed E-state index contributed by atoms with van der Waals surface area (Å²) in [5.74, 6) is 0. The molecule has 0 aromatic carbocycles. The summed E-state index contributed by atoms with van der Waals surface area (Å²) in [4.78, 5) is 9.65. The third kappa shape index (κ3) is 2.47. The van der Waals surface area contributed by atoms with Crippen LogP contribution in [-0.2, 0) is 0 Å². The molecule has 0 amide bonds. The minimum absolute atomic E-state index is 0.361. The molecular weight excluding hydrogens is 244 g/mol. The molecule has 1 aromatic heterocycles. The van der Waals surface area contributed by atoms with Crippen molar-refractivity contribution in [2.24, 2.45) is 5.73 Å². The molecule has 1 saturated carbocycles. The van der Waals surface area contributed by atoms with Crippen LogP contribution in [0.4, 0.5) is 5.69 Å². The number of hydrogen-bond donors (Lipinski definition) is 1. The number of nitrogens with two attached hydrogens (primary N) is 1. The van der Waals surface area contributed by atoms with E-state index < -0.39 is 0 Å². The normalized spacial score (nSPS) is 21.0. The van der Waals surface area contributed by atoms with Gasteiger partial charge in [0.25, 0.3) is 0 Å². The molecule has 0 atom stereocenters. The van der Waals surface area contributed by atoms with Gasteiger partial charge in [-0.25, -0.2) is 0 Å². The zero-order valence-corrected chi connectivity index (χ0v) is 11.2. The standard InChI is InChI=1S/C13H18N4S/c14-13(18)12-4-3-11(9-15-12)17-7-5-16(6-8-17)10-1-2-10/h3-4,9-10H,1-2,5-8H2,(H2,14,18). The molecule has 4 nitrogen and oxygen atoms in total. The average Bonchev–Trinajstić information content (AvgIpc) is 3.23. The summed E-state index contributed by atoms with van der Waals surface area (Å²) in [5.41, 5.74) is 7.42. The van der Waals surface area contributed by atoms with Crippen LogP contribution in [0, 0.1) is 0 Å². The molecule has 2 N–H and O–H groups in total. The fourth-order valence-corrected chi connectivity index (χ4v) is 2.62. The van der Waals surface area contributed by atoms with E-state index >= 15 is 0 Å². The number of anilines is 1. The molecule has 96 valence electrons. The lowest BCUT2D eigenvalue weighted by Gasteiger charge is -2.36. The van der Waals surface area contributed by atoms with Crippen LogP contribution in [-0.4, -0.2) is 47.1 Å². The van der Waals surface area contributed by atoms with Crippen molar-refractivity contribution in [3.63, 3.8) is 0 Å². The van der Waals surface area contributed by atoms with Crippen molar-refractivity contribution < 1.29 is 0 Å². The molecular formula is C13H18N4S. The second-order valence-electron chi connectivity index (χ2n) is 5.02. The Balaban J connectivity index is 1.62. The summed E-state index contributed by atoms with van der Waals surface area (Å²) in [5, 5.41) is 0. The van der Waals surface area contributed by atoms with Gasteiger partial charge >= 0.3 is 0 Å². The van der Waals surface area contributed by atoms with E-state index in [1.54, 1.807) is 0 Å². The summed E-state index contributed by atoms with van der Waals surface area (Å²) in [6, 6.07) is 4.85. The smallest absolute Gasteiger partial charge is 0.122 e. The number of hydrogen-bond acceptors (Lipinski definition) is 4. The lowest BCUT2D eigenvalue weighted by atomic mass is 10.2. The van der Waals surface area contributed by atoms with Crippen LogP contribution in [0.2, 0.25) is 0 Å². The molecule has 2 heterocycles. The lowest BCUT2D eigenvalue weighted by molar-refractivity contribution is 0.248. The van der Waals surface area contributed by atoms with Gasteiger partial charge in [-0.2, -0.15) is 0 Å². The lowest BCUT2D eigenvalue weighted by Crippen LogP contribution is -2.47. The van der Waals surface area contributed by atoms with Crippen molar-refractivity contribution in [3.05, 3.63) is 24.0 Å². The number of nitrogens with zero attached hydrogens (tertiary/aromatic N) is 3. The van der Waals surface area contributed by atoms with Crippen LogP contribution in [0.15, 0.2) is 18.3 Å². The van der Waals surface area contributed by atoms with Gasteiger partial charge in [-0.15, -0.1) is 0 Å².